The summed E-state index contributed by atoms with van der Waals surface area (Å²) in [4.78, 5) is 0. The van der Waals surface area contributed by atoms with Gasteiger partial charge in [-0.15, -0.1) is 0 Å². The van der Waals surface area contributed by atoms with Gasteiger partial charge in [0.25, 0.3) is 0 Å². The molecule has 3 N–H and O–H groups in total. The van der Waals surface area contributed by atoms with Crippen molar-refractivity contribution in [2.75, 3.05) is 0 Å². The largest absolute Gasteiger partial charge is 0.390 e. The standard InChI is InChI=1S/C8H15NO3/c1-8(2,11)12-7-4-5(9)3-6(7)10/h6-7,9-11H,3-4H2,1-2H3/t6-,7-/m0/s1. The third kappa shape index (κ3) is 2.55. The predicted octanol–water partition coefficient (Wildman–Crippen LogP) is 0.274. The van der Waals surface area contributed by atoms with E-state index in [0.717, 1.165) is 0 Å². The molecule has 0 aromatic carbocycles. The molecule has 0 bridgehead atoms. The predicted molar refractivity (Wildman–Crippen MR) is 44.1 cm³/mol. The second kappa shape index (κ2) is 3.12. The molecule has 4 heteroatoms. The Bertz CT molecular complexity index is 185. The van der Waals surface area contributed by atoms with Crippen LogP contribution in [0.1, 0.15) is 26.7 Å². The molecule has 1 rings (SSSR count). The van der Waals surface area contributed by atoms with Gasteiger partial charge in [0.1, 0.15) is 0 Å². The van der Waals surface area contributed by atoms with E-state index in [1.807, 2.05) is 0 Å². The summed E-state index contributed by atoms with van der Waals surface area (Å²) in [5.41, 5.74) is 0.483. The van der Waals surface area contributed by atoms with Gasteiger partial charge >= 0.3 is 0 Å². The Morgan fingerprint density at radius 3 is 2.42 bits per heavy atom. The summed E-state index contributed by atoms with van der Waals surface area (Å²) in [6, 6.07) is 0. The number of hydrogen-bond acceptors (Lipinski definition) is 4. The van der Waals surface area contributed by atoms with E-state index in [-0.39, 0.29) is 0 Å². The van der Waals surface area contributed by atoms with E-state index in [1.54, 1.807) is 0 Å². The summed E-state index contributed by atoms with van der Waals surface area (Å²) in [7, 11) is 0. The van der Waals surface area contributed by atoms with Gasteiger partial charge in [0.05, 0.1) is 12.2 Å². The molecule has 0 heterocycles. The molecule has 1 aliphatic rings. The molecule has 0 aromatic rings. The molecule has 0 aliphatic heterocycles. The smallest absolute Gasteiger partial charge is 0.160 e. The first-order valence-electron chi connectivity index (χ1n) is 4.03. The highest BCUT2D eigenvalue weighted by molar-refractivity contribution is 5.84. The molecular formula is C8H15NO3. The van der Waals surface area contributed by atoms with Crippen molar-refractivity contribution in [2.45, 2.75) is 44.7 Å². The van der Waals surface area contributed by atoms with Gasteiger partial charge in [-0.05, 0) is 13.8 Å². The molecular weight excluding hydrogens is 158 g/mol. The third-order valence-corrected chi connectivity index (χ3v) is 1.77. The lowest BCUT2D eigenvalue weighted by molar-refractivity contribution is -0.218. The molecule has 0 aromatic heterocycles. The van der Waals surface area contributed by atoms with Crippen LogP contribution in [0.4, 0.5) is 0 Å². The van der Waals surface area contributed by atoms with Crippen molar-refractivity contribution in [3.63, 3.8) is 0 Å². The fourth-order valence-electron chi connectivity index (χ4n) is 1.34. The highest BCUT2D eigenvalue weighted by atomic mass is 16.6. The van der Waals surface area contributed by atoms with E-state index in [9.17, 15) is 10.2 Å². The molecule has 2 atom stereocenters. The lowest BCUT2D eigenvalue weighted by Gasteiger charge is -2.24. The van der Waals surface area contributed by atoms with Crippen LogP contribution in [-0.4, -0.2) is 33.9 Å². The number of nitrogens with one attached hydrogen (secondary N) is 1. The van der Waals surface area contributed by atoms with Crippen LogP contribution in [-0.2, 0) is 4.74 Å². The third-order valence-electron chi connectivity index (χ3n) is 1.77. The second-order valence-electron chi connectivity index (χ2n) is 3.68. The van der Waals surface area contributed by atoms with Gasteiger partial charge in [-0.3, -0.25) is 0 Å². The van der Waals surface area contributed by atoms with Crippen LogP contribution in [0.2, 0.25) is 0 Å². The summed E-state index contributed by atoms with van der Waals surface area (Å²) in [5, 5.41) is 25.9. The van der Waals surface area contributed by atoms with Gasteiger partial charge in [0.2, 0.25) is 0 Å². The van der Waals surface area contributed by atoms with Crippen LogP contribution in [0.25, 0.3) is 0 Å². The number of hydrogen-bond donors (Lipinski definition) is 3. The first kappa shape index (κ1) is 9.64. The molecule has 0 amide bonds. The van der Waals surface area contributed by atoms with Crippen molar-refractivity contribution < 1.29 is 14.9 Å². The van der Waals surface area contributed by atoms with E-state index in [4.69, 9.17) is 10.1 Å². The van der Waals surface area contributed by atoms with Crippen LogP contribution in [0.5, 0.6) is 0 Å². The molecule has 1 fully saturated rings. The van der Waals surface area contributed by atoms with Crippen molar-refractivity contribution in [1.82, 2.24) is 0 Å². The molecule has 0 unspecified atom stereocenters. The molecule has 4 nitrogen and oxygen atoms in total. The SMILES string of the molecule is CC(C)(O)O[C@H]1CC(=N)C[C@@H]1O. The topological polar surface area (TPSA) is 73.5 Å². The number of rotatable bonds is 2. The van der Waals surface area contributed by atoms with Crippen molar-refractivity contribution in [3.05, 3.63) is 0 Å². The van der Waals surface area contributed by atoms with E-state index in [0.29, 0.717) is 18.6 Å². The summed E-state index contributed by atoms with van der Waals surface area (Å²) in [5.74, 6) is -1.23. The van der Waals surface area contributed by atoms with E-state index in [2.05, 4.69) is 0 Å². The fourth-order valence-corrected chi connectivity index (χ4v) is 1.34. The quantitative estimate of drug-likeness (QED) is 0.525. The summed E-state index contributed by atoms with van der Waals surface area (Å²) >= 11 is 0. The number of aliphatic hydroxyl groups is 2. The van der Waals surface area contributed by atoms with Crippen LogP contribution in [0.3, 0.4) is 0 Å². The monoisotopic (exact) mass is 173 g/mol. The zero-order chi connectivity index (χ0) is 9.35. The molecule has 1 aliphatic carbocycles. The van der Waals surface area contributed by atoms with Gasteiger partial charge in [-0.1, -0.05) is 0 Å². The van der Waals surface area contributed by atoms with Crippen LogP contribution in [0.15, 0.2) is 0 Å². The molecule has 70 valence electrons. The zero-order valence-corrected chi connectivity index (χ0v) is 7.37. The summed E-state index contributed by atoms with van der Waals surface area (Å²) in [6.07, 6.45) is -0.271. The average Bonchev–Trinajstić information content (AvgIpc) is 2.06. The van der Waals surface area contributed by atoms with Gasteiger partial charge in [-0.2, -0.15) is 0 Å². The average molecular weight is 173 g/mol. The maximum Gasteiger partial charge on any atom is 0.160 e. The Kier molecular flexibility index (Phi) is 2.51. The Hall–Kier alpha value is -0.450. The highest BCUT2D eigenvalue weighted by Gasteiger charge is 2.33. The van der Waals surface area contributed by atoms with Crippen LogP contribution >= 0.6 is 0 Å². The van der Waals surface area contributed by atoms with Crippen molar-refractivity contribution >= 4 is 5.71 Å². The number of aliphatic hydroxyl groups excluding tert-OH is 1. The maximum atomic E-state index is 9.35. The zero-order valence-electron chi connectivity index (χ0n) is 7.37. The minimum absolute atomic E-state index is 0.362. The summed E-state index contributed by atoms with van der Waals surface area (Å²) < 4.78 is 5.15. The highest BCUT2D eigenvalue weighted by Crippen LogP contribution is 2.23. The van der Waals surface area contributed by atoms with Gasteiger partial charge in [0, 0.05) is 18.6 Å². The lowest BCUT2D eigenvalue weighted by atomic mass is 10.2. The molecule has 0 saturated heterocycles. The first-order valence-corrected chi connectivity index (χ1v) is 4.03. The lowest BCUT2D eigenvalue weighted by Crippen LogP contribution is -2.34. The first-order chi connectivity index (χ1) is 5.38. The van der Waals surface area contributed by atoms with E-state index >= 15 is 0 Å². The molecule has 0 spiro atoms. The van der Waals surface area contributed by atoms with E-state index < -0.39 is 18.0 Å². The van der Waals surface area contributed by atoms with Crippen LogP contribution in [0, 0.1) is 5.41 Å². The minimum atomic E-state index is -1.23. The minimum Gasteiger partial charge on any atom is -0.390 e. The molecule has 0 radical (unpaired) electrons. The summed E-state index contributed by atoms with van der Waals surface area (Å²) in [6.45, 7) is 3.03. The second-order valence-corrected chi connectivity index (χ2v) is 3.68. The number of ether oxygens (including phenoxy) is 1. The Morgan fingerprint density at radius 2 is 2.08 bits per heavy atom. The normalized spacial score (nSPS) is 31.2. The van der Waals surface area contributed by atoms with Crippen molar-refractivity contribution in [1.29, 1.82) is 5.41 Å². The van der Waals surface area contributed by atoms with E-state index in [1.165, 1.54) is 13.8 Å². The maximum absolute atomic E-state index is 9.35. The molecule has 12 heavy (non-hydrogen) atoms. The fraction of sp³-hybridized carbons (Fsp3) is 0.875. The Labute approximate surface area is 71.7 Å². The van der Waals surface area contributed by atoms with Crippen LogP contribution < -0.4 is 0 Å². The molecule has 1 saturated carbocycles. The van der Waals surface area contributed by atoms with Crippen molar-refractivity contribution in [3.8, 4) is 0 Å². The Balaban J connectivity index is 2.48. The van der Waals surface area contributed by atoms with Gasteiger partial charge < -0.3 is 20.4 Å². The Morgan fingerprint density at radius 1 is 1.50 bits per heavy atom. The van der Waals surface area contributed by atoms with Crippen molar-refractivity contribution in [2.24, 2.45) is 0 Å². The van der Waals surface area contributed by atoms with Gasteiger partial charge in [-0.25, -0.2) is 0 Å². The van der Waals surface area contributed by atoms with Gasteiger partial charge in [0.15, 0.2) is 5.79 Å².